The van der Waals surface area contributed by atoms with Crippen LogP contribution in [0.2, 0.25) is 5.02 Å². The van der Waals surface area contributed by atoms with Gasteiger partial charge in [-0.3, -0.25) is 9.78 Å². The Kier molecular flexibility index (Phi) is 9.40. The molecule has 2 N–H and O–H groups in total. The van der Waals surface area contributed by atoms with Crippen molar-refractivity contribution in [1.29, 1.82) is 0 Å². The van der Waals surface area contributed by atoms with E-state index in [0.717, 1.165) is 48.8 Å². The van der Waals surface area contributed by atoms with Crippen LogP contribution < -0.4 is 10.6 Å². The van der Waals surface area contributed by atoms with Crippen LogP contribution in [0, 0.1) is 0 Å². The number of carbonyl (C=O) groups excluding carboxylic acids is 1. The van der Waals surface area contributed by atoms with E-state index < -0.39 is 0 Å². The fourth-order valence-corrected chi connectivity index (χ4v) is 3.36. The molecule has 4 nitrogen and oxygen atoms in total. The number of anilines is 1. The number of benzene rings is 1. The molecule has 0 saturated carbocycles. The second-order valence-corrected chi connectivity index (χ2v) is 7.66. The van der Waals surface area contributed by atoms with Gasteiger partial charge < -0.3 is 10.6 Å². The number of unbranched alkanes of at least 4 members (excludes halogenated alkanes) is 4. The van der Waals surface area contributed by atoms with Crippen LogP contribution in [0.1, 0.15) is 65.2 Å². The van der Waals surface area contributed by atoms with E-state index in [1.807, 2.05) is 24.3 Å². The van der Waals surface area contributed by atoms with E-state index in [2.05, 4.69) is 29.5 Å². The number of nitrogens with one attached hydrogen (secondary N) is 2. The van der Waals surface area contributed by atoms with Crippen molar-refractivity contribution < 1.29 is 4.79 Å². The Labute approximate surface area is 168 Å². The standard InChI is InChI=1S/C22H32ClN3O/c1-3-4-5-6-7-10-22(27)25-14-8-9-17(2)26-20-13-15-24-21-16-18(23)11-12-19(20)21/h11-13,15-17H,3-10,14H2,1-2H3,(H,24,26)(H,25,27). The lowest BCUT2D eigenvalue weighted by Crippen LogP contribution is -2.25. The van der Waals surface area contributed by atoms with Crippen LogP contribution in [0.4, 0.5) is 5.69 Å². The fourth-order valence-electron chi connectivity index (χ4n) is 3.20. The summed E-state index contributed by atoms with van der Waals surface area (Å²) in [6.45, 7) is 5.11. The van der Waals surface area contributed by atoms with Gasteiger partial charge in [0.15, 0.2) is 0 Å². The van der Waals surface area contributed by atoms with Crippen LogP contribution in [-0.2, 0) is 4.79 Å². The van der Waals surface area contributed by atoms with E-state index in [1.54, 1.807) is 6.20 Å². The summed E-state index contributed by atoms with van der Waals surface area (Å²) in [6, 6.07) is 8.08. The van der Waals surface area contributed by atoms with Gasteiger partial charge >= 0.3 is 0 Å². The molecule has 0 aliphatic heterocycles. The minimum Gasteiger partial charge on any atom is -0.382 e. The Bertz CT molecular complexity index is 720. The Balaban J connectivity index is 1.67. The summed E-state index contributed by atoms with van der Waals surface area (Å²) in [5.41, 5.74) is 1.96. The van der Waals surface area contributed by atoms with Gasteiger partial charge in [0, 0.05) is 41.3 Å². The zero-order valence-electron chi connectivity index (χ0n) is 16.6. The molecular formula is C22H32ClN3O. The highest BCUT2D eigenvalue weighted by molar-refractivity contribution is 6.31. The number of pyridine rings is 1. The van der Waals surface area contributed by atoms with Crippen molar-refractivity contribution in [3.63, 3.8) is 0 Å². The number of carbonyl (C=O) groups is 1. The minimum atomic E-state index is 0.184. The summed E-state index contributed by atoms with van der Waals surface area (Å²) >= 11 is 6.05. The maximum absolute atomic E-state index is 11.8. The molecule has 0 aliphatic rings. The van der Waals surface area contributed by atoms with Gasteiger partial charge in [-0.25, -0.2) is 0 Å². The molecule has 1 aromatic heterocycles. The second kappa shape index (κ2) is 11.8. The molecule has 0 saturated heterocycles. The summed E-state index contributed by atoms with van der Waals surface area (Å²) in [7, 11) is 0. The van der Waals surface area contributed by atoms with Gasteiger partial charge in [0.05, 0.1) is 5.52 Å². The quantitative estimate of drug-likeness (QED) is 0.441. The van der Waals surface area contributed by atoms with E-state index in [4.69, 9.17) is 11.6 Å². The number of aromatic nitrogens is 1. The molecule has 1 heterocycles. The smallest absolute Gasteiger partial charge is 0.219 e. The van der Waals surface area contributed by atoms with Crippen molar-refractivity contribution in [3.8, 4) is 0 Å². The minimum absolute atomic E-state index is 0.184. The molecule has 148 valence electrons. The van der Waals surface area contributed by atoms with E-state index in [1.165, 1.54) is 19.3 Å². The number of amides is 1. The highest BCUT2D eigenvalue weighted by Crippen LogP contribution is 2.25. The van der Waals surface area contributed by atoms with Crippen LogP contribution in [0.25, 0.3) is 10.9 Å². The molecule has 1 unspecified atom stereocenters. The summed E-state index contributed by atoms with van der Waals surface area (Å²) in [5.74, 6) is 0.184. The van der Waals surface area contributed by atoms with Gasteiger partial charge in [0.1, 0.15) is 0 Å². The van der Waals surface area contributed by atoms with Crippen molar-refractivity contribution in [2.24, 2.45) is 0 Å². The van der Waals surface area contributed by atoms with Crippen molar-refractivity contribution in [2.75, 3.05) is 11.9 Å². The van der Waals surface area contributed by atoms with Gasteiger partial charge in [-0.1, -0.05) is 44.2 Å². The second-order valence-electron chi connectivity index (χ2n) is 7.22. The van der Waals surface area contributed by atoms with Gasteiger partial charge in [-0.15, -0.1) is 0 Å². The van der Waals surface area contributed by atoms with E-state index in [9.17, 15) is 4.79 Å². The summed E-state index contributed by atoms with van der Waals surface area (Å²) < 4.78 is 0. The third-order valence-corrected chi connectivity index (χ3v) is 4.99. The molecule has 27 heavy (non-hydrogen) atoms. The predicted molar refractivity (Wildman–Crippen MR) is 115 cm³/mol. The largest absolute Gasteiger partial charge is 0.382 e. The predicted octanol–water partition coefficient (Wildman–Crippen LogP) is 5.95. The van der Waals surface area contributed by atoms with Crippen molar-refractivity contribution in [2.45, 2.75) is 71.3 Å². The molecule has 2 aromatic rings. The van der Waals surface area contributed by atoms with Crippen molar-refractivity contribution in [1.82, 2.24) is 10.3 Å². The summed E-state index contributed by atoms with van der Waals surface area (Å²) in [6.07, 6.45) is 10.3. The van der Waals surface area contributed by atoms with E-state index >= 15 is 0 Å². The molecule has 0 spiro atoms. The highest BCUT2D eigenvalue weighted by Gasteiger charge is 2.07. The third-order valence-electron chi connectivity index (χ3n) is 4.75. The molecule has 0 bridgehead atoms. The molecule has 1 amide bonds. The maximum Gasteiger partial charge on any atom is 0.219 e. The van der Waals surface area contributed by atoms with E-state index in [0.29, 0.717) is 17.5 Å². The van der Waals surface area contributed by atoms with E-state index in [-0.39, 0.29) is 5.91 Å². The molecule has 0 fully saturated rings. The zero-order valence-corrected chi connectivity index (χ0v) is 17.3. The lowest BCUT2D eigenvalue weighted by molar-refractivity contribution is -0.121. The van der Waals surface area contributed by atoms with Gasteiger partial charge in [-0.05, 0) is 50.5 Å². The first kappa shape index (κ1) is 21.5. The topological polar surface area (TPSA) is 54.0 Å². The first-order chi connectivity index (χ1) is 13.1. The van der Waals surface area contributed by atoms with Crippen LogP contribution in [0.3, 0.4) is 0 Å². The Morgan fingerprint density at radius 3 is 2.78 bits per heavy atom. The molecular weight excluding hydrogens is 358 g/mol. The molecule has 1 aromatic carbocycles. The molecule has 0 radical (unpaired) electrons. The van der Waals surface area contributed by atoms with Gasteiger partial charge in [0.25, 0.3) is 0 Å². The molecule has 2 rings (SSSR count). The molecule has 5 heteroatoms. The third kappa shape index (κ3) is 7.76. The summed E-state index contributed by atoms with van der Waals surface area (Å²) in [5, 5.41) is 8.36. The van der Waals surface area contributed by atoms with Crippen LogP contribution in [0.5, 0.6) is 0 Å². The van der Waals surface area contributed by atoms with Crippen LogP contribution in [0.15, 0.2) is 30.5 Å². The molecule has 1 atom stereocenters. The first-order valence-electron chi connectivity index (χ1n) is 10.2. The number of hydrogen-bond donors (Lipinski definition) is 2. The first-order valence-corrected chi connectivity index (χ1v) is 10.6. The SMILES string of the molecule is CCCCCCCC(=O)NCCCC(C)Nc1ccnc2cc(Cl)ccc12. The number of rotatable bonds is 12. The fraction of sp³-hybridized carbons (Fsp3) is 0.545. The average molecular weight is 390 g/mol. The van der Waals surface area contributed by atoms with Crippen molar-refractivity contribution in [3.05, 3.63) is 35.5 Å². The number of nitrogens with zero attached hydrogens (tertiary/aromatic N) is 1. The number of fused-ring (bicyclic) bond motifs is 1. The maximum atomic E-state index is 11.8. The van der Waals surface area contributed by atoms with Crippen LogP contribution >= 0.6 is 11.6 Å². The van der Waals surface area contributed by atoms with Gasteiger partial charge in [0.2, 0.25) is 5.91 Å². The summed E-state index contributed by atoms with van der Waals surface area (Å²) in [4.78, 5) is 16.2. The van der Waals surface area contributed by atoms with Crippen LogP contribution in [-0.4, -0.2) is 23.5 Å². The normalized spacial score (nSPS) is 12.1. The number of hydrogen-bond acceptors (Lipinski definition) is 3. The zero-order chi connectivity index (χ0) is 19.5. The monoisotopic (exact) mass is 389 g/mol. The lowest BCUT2D eigenvalue weighted by Gasteiger charge is -2.17. The Morgan fingerprint density at radius 1 is 1.15 bits per heavy atom. The number of halogens is 1. The molecule has 0 aliphatic carbocycles. The van der Waals surface area contributed by atoms with Gasteiger partial charge in [-0.2, -0.15) is 0 Å². The highest BCUT2D eigenvalue weighted by atomic mass is 35.5. The average Bonchev–Trinajstić information content (AvgIpc) is 2.65. The Morgan fingerprint density at radius 2 is 1.96 bits per heavy atom. The Hall–Kier alpha value is -1.81. The van der Waals surface area contributed by atoms with Crippen molar-refractivity contribution >= 4 is 34.1 Å². The lowest BCUT2D eigenvalue weighted by atomic mass is 10.1.